The molecule has 0 aromatic carbocycles. The van der Waals surface area contributed by atoms with Gasteiger partial charge in [-0.3, -0.25) is 0 Å². The number of nitrogens with zero attached hydrogens (tertiary/aromatic N) is 1. The Bertz CT molecular complexity index is 229. The first-order valence-electron chi connectivity index (χ1n) is 7.30. The zero-order valence-corrected chi connectivity index (χ0v) is 16.6. The van der Waals surface area contributed by atoms with Gasteiger partial charge in [0.05, 0.1) is 0 Å². The second-order valence-corrected chi connectivity index (χ2v) is 9.59. The van der Waals surface area contributed by atoms with E-state index in [4.69, 9.17) is 23.9 Å². The van der Waals surface area contributed by atoms with Crippen LogP contribution in [0.1, 0.15) is 54.9 Å². The molecule has 4 atom stereocenters. The SMILES string of the molecule is CC1C(C)C(C)C(CC[N-]C(C)(C)C)C1C.[Cl][Ti][Cl]. The van der Waals surface area contributed by atoms with E-state index in [2.05, 4.69) is 48.5 Å². The molecule has 4 unspecified atom stereocenters. The Kier molecular flexibility index (Phi) is 9.92. The molecule has 1 aliphatic carbocycles. The maximum absolute atomic E-state index is 4.89. The van der Waals surface area contributed by atoms with Gasteiger partial charge < -0.3 is 5.32 Å². The Morgan fingerprint density at radius 3 is 1.58 bits per heavy atom. The van der Waals surface area contributed by atoms with Gasteiger partial charge >= 0.3 is 35.6 Å². The normalized spacial score (nSPS) is 34.7. The molecule has 1 rings (SSSR count). The molecule has 114 valence electrons. The fourth-order valence-electron chi connectivity index (χ4n) is 3.29. The molecule has 19 heavy (non-hydrogen) atoms. The van der Waals surface area contributed by atoms with Crippen LogP contribution in [-0.2, 0) is 17.0 Å². The summed E-state index contributed by atoms with van der Waals surface area (Å²) in [7, 11) is 9.78. The second kappa shape index (κ2) is 9.31. The first-order valence-corrected chi connectivity index (χ1v) is 11.6. The summed E-state index contributed by atoms with van der Waals surface area (Å²) in [6.07, 6.45) is 1.29. The fraction of sp³-hybridized carbons (Fsp3) is 1.00. The van der Waals surface area contributed by atoms with Crippen LogP contribution < -0.4 is 0 Å². The van der Waals surface area contributed by atoms with Crippen LogP contribution in [0.15, 0.2) is 0 Å². The molecule has 0 aromatic rings. The Hall–Kier alpha value is 1.25. The number of halogens is 2. The van der Waals surface area contributed by atoms with Crippen LogP contribution in [0.2, 0.25) is 0 Å². The van der Waals surface area contributed by atoms with E-state index >= 15 is 0 Å². The molecule has 1 nitrogen and oxygen atoms in total. The van der Waals surface area contributed by atoms with Crippen molar-refractivity contribution in [1.29, 1.82) is 0 Å². The third-order valence-corrected chi connectivity index (χ3v) is 4.89. The number of hydrogen-bond donors (Lipinski definition) is 0. The summed E-state index contributed by atoms with van der Waals surface area (Å²) in [4.78, 5) is 0. The zero-order chi connectivity index (χ0) is 15.2. The van der Waals surface area contributed by atoms with Crippen LogP contribution in [-0.4, -0.2) is 12.1 Å². The van der Waals surface area contributed by atoms with E-state index in [1.54, 1.807) is 0 Å². The van der Waals surface area contributed by atoms with Gasteiger partial charge in [0.1, 0.15) is 0 Å². The molecule has 0 saturated heterocycles. The van der Waals surface area contributed by atoms with Crippen LogP contribution in [0.5, 0.6) is 0 Å². The van der Waals surface area contributed by atoms with Crippen LogP contribution in [0.25, 0.3) is 5.32 Å². The van der Waals surface area contributed by atoms with Gasteiger partial charge in [-0.25, -0.2) is 0 Å². The molecular weight excluding hydrogens is 313 g/mol. The summed E-state index contributed by atoms with van der Waals surface area (Å²) in [5.74, 6) is 4.40. The van der Waals surface area contributed by atoms with Crippen molar-refractivity contribution in [2.24, 2.45) is 29.6 Å². The van der Waals surface area contributed by atoms with Gasteiger partial charge in [0, 0.05) is 0 Å². The van der Waals surface area contributed by atoms with Crippen molar-refractivity contribution >= 4 is 18.6 Å². The van der Waals surface area contributed by atoms with Gasteiger partial charge in [-0.1, -0.05) is 54.9 Å². The van der Waals surface area contributed by atoms with Gasteiger partial charge in [-0.05, 0) is 29.6 Å². The van der Waals surface area contributed by atoms with Crippen molar-refractivity contribution in [2.75, 3.05) is 6.54 Å². The monoisotopic (exact) mass is 342 g/mol. The van der Waals surface area contributed by atoms with Gasteiger partial charge in [0.25, 0.3) is 0 Å². The Morgan fingerprint density at radius 1 is 0.895 bits per heavy atom. The van der Waals surface area contributed by atoms with Crippen molar-refractivity contribution in [3.8, 4) is 0 Å². The summed E-state index contributed by atoms with van der Waals surface area (Å²) < 4.78 is 0. The maximum atomic E-state index is 4.89. The zero-order valence-electron chi connectivity index (χ0n) is 13.5. The predicted molar refractivity (Wildman–Crippen MR) is 84.4 cm³/mol. The van der Waals surface area contributed by atoms with Crippen molar-refractivity contribution in [3.63, 3.8) is 0 Å². The molecule has 0 spiro atoms. The second-order valence-electron chi connectivity index (χ2n) is 7.01. The summed E-state index contributed by atoms with van der Waals surface area (Å²) >= 11 is -0.556. The Morgan fingerprint density at radius 2 is 1.26 bits per heavy atom. The molecule has 0 bridgehead atoms. The third-order valence-electron chi connectivity index (χ3n) is 4.89. The van der Waals surface area contributed by atoms with E-state index in [-0.39, 0.29) is 5.54 Å². The predicted octanol–water partition coefficient (Wildman–Crippen LogP) is 6.10. The first-order chi connectivity index (χ1) is 8.65. The van der Waals surface area contributed by atoms with Crippen molar-refractivity contribution in [3.05, 3.63) is 5.32 Å². The molecule has 0 heterocycles. The summed E-state index contributed by atoms with van der Waals surface area (Å²) in [5.41, 5.74) is 0.141. The third kappa shape index (κ3) is 7.18. The van der Waals surface area contributed by atoms with E-state index < -0.39 is 17.0 Å². The number of rotatable bonds is 3. The molecule has 4 heteroatoms. The first kappa shape index (κ1) is 20.3. The Balaban J connectivity index is 0.000000982. The minimum absolute atomic E-state index is 0.141. The van der Waals surface area contributed by atoms with E-state index in [1.807, 2.05) is 0 Å². The van der Waals surface area contributed by atoms with E-state index in [0.717, 1.165) is 36.1 Å². The molecule has 0 aliphatic heterocycles. The van der Waals surface area contributed by atoms with Crippen molar-refractivity contribution in [1.82, 2.24) is 0 Å². The summed E-state index contributed by atoms with van der Waals surface area (Å²) in [6, 6.07) is 0. The van der Waals surface area contributed by atoms with Crippen LogP contribution >= 0.6 is 18.6 Å². The molecular formula is C15H30Cl2NTi-. The topological polar surface area (TPSA) is 14.1 Å². The van der Waals surface area contributed by atoms with Gasteiger partial charge in [-0.15, -0.1) is 12.1 Å². The summed E-state index contributed by atoms with van der Waals surface area (Å²) in [6.45, 7) is 17.3. The molecule has 1 saturated carbocycles. The Labute approximate surface area is 137 Å². The van der Waals surface area contributed by atoms with Gasteiger partial charge in [0.2, 0.25) is 0 Å². The van der Waals surface area contributed by atoms with Crippen LogP contribution in [0.3, 0.4) is 0 Å². The average Bonchev–Trinajstić information content (AvgIpc) is 2.46. The van der Waals surface area contributed by atoms with E-state index in [9.17, 15) is 0 Å². The standard InChI is InChI=1S/C15H30N.2ClH.Ti/c1-10-11(2)13(4)14(12(10)3)8-9-16-15(5,6)7;;;/h10-14H,8-9H2,1-7H3;2*1H;/q-1;;;+2/p-2. The molecule has 0 amide bonds. The van der Waals surface area contributed by atoms with Crippen LogP contribution in [0, 0.1) is 29.6 Å². The van der Waals surface area contributed by atoms with Crippen molar-refractivity contribution < 1.29 is 17.0 Å². The minimum atomic E-state index is -0.556. The van der Waals surface area contributed by atoms with E-state index in [0.29, 0.717) is 0 Å². The van der Waals surface area contributed by atoms with Gasteiger partial charge in [-0.2, -0.15) is 0 Å². The fourth-order valence-corrected chi connectivity index (χ4v) is 3.29. The average molecular weight is 343 g/mol. The molecule has 0 N–H and O–H groups in total. The molecule has 1 fully saturated rings. The van der Waals surface area contributed by atoms with E-state index in [1.165, 1.54) is 6.42 Å². The van der Waals surface area contributed by atoms with Crippen molar-refractivity contribution in [2.45, 2.75) is 60.4 Å². The quantitative estimate of drug-likeness (QED) is 0.550. The molecule has 0 aromatic heterocycles. The molecule has 1 aliphatic rings. The van der Waals surface area contributed by atoms with Crippen LogP contribution in [0.4, 0.5) is 0 Å². The molecule has 0 radical (unpaired) electrons. The van der Waals surface area contributed by atoms with Gasteiger partial charge in [0.15, 0.2) is 0 Å². The summed E-state index contributed by atoms with van der Waals surface area (Å²) in [5, 5.41) is 4.74. The number of hydrogen-bond acceptors (Lipinski definition) is 0.